The largest absolute Gasteiger partial charge is 0.121 e. The minimum absolute atomic E-state index is 0.868. The highest BCUT2D eigenvalue weighted by atomic mass is 79.9. The van der Waals surface area contributed by atoms with E-state index in [1.54, 1.807) is 0 Å². The topological polar surface area (TPSA) is 0 Å². The van der Waals surface area contributed by atoms with Crippen molar-refractivity contribution in [3.05, 3.63) is 77.8 Å². The highest BCUT2D eigenvalue weighted by Crippen LogP contribution is 2.57. The van der Waals surface area contributed by atoms with Crippen molar-refractivity contribution in [3.63, 3.8) is 0 Å². The van der Waals surface area contributed by atoms with Crippen LogP contribution in [0.25, 0.3) is 30.0 Å². The third-order valence-corrected chi connectivity index (χ3v) is 13.0. The van der Waals surface area contributed by atoms with Gasteiger partial charge in [-0.25, -0.2) is 0 Å². The fraction of sp³-hybridized carbons (Fsp3) is 0.130. The Bertz CT molecular complexity index is 1330. The second-order valence-electron chi connectivity index (χ2n) is 6.58. The van der Waals surface area contributed by atoms with Gasteiger partial charge >= 0.3 is 0 Å². The van der Waals surface area contributed by atoms with E-state index in [0.717, 1.165) is 5.33 Å². The smallest absolute Gasteiger partial charge is 0.0657 e. The van der Waals surface area contributed by atoms with Gasteiger partial charge in [0, 0.05) is 15.8 Å². The minimum Gasteiger partial charge on any atom is -0.121 e. The third kappa shape index (κ3) is 3.82. The van der Waals surface area contributed by atoms with Crippen LogP contribution in [0.15, 0.2) is 61.8 Å². The summed E-state index contributed by atoms with van der Waals surface area (Å²) in [5.41, 5.74) is 1.32. The minimum atomic E-state index is 0.868. The fourth-order valence-electron chi connectivity index (χ4n) is 3.70. The molecule has 152 valence electrons. The van der Waals surface area contributed by atoms with E-state index in [2.05, 4.69) is 81.7 Å². The highest BCUT2D eigenvalue weighted by molar-refractivity contribution is 9.08. The fourth-order valence-corrected chi connectivity index (χ4v) is 11.1. The summed E-state index contributed by atoms with van der Waals surface area (Å²) < 4.78 is 5.61. The first-order chi connectivity index (χ1) is 14.7. The first kappa shape index (κ1) is 21.8. The molecule has 0 radical (unpaired) electrons. The zero-order valence-electron chi connectivity index (χ0n) is 16.2. The lowest BCUT2D eigenvalue weighted by Crippen LogP contribution is -2.17. The van der Waals surface area contributed by atoms with Gasteiger partial charge in [0.1, 0.15) is 0 Å². The summed E-state index contributed by atoms with van der Waals surface area (Å²) in [5.74, 6) is 0. The van der Waals surface area contributed by atoms with Crippen molar-refractivity contribution in [2.45, 2.75) is 5.33 Å². The second-order valence-corrected chi connectivity index (χ2v) is 13.7. The number of alkyl halides is 1. The Morgan fingerprint density at radius 1 is 0.733 bits per heavy atom. The molecule has 0 saturated carbocycles. The van der Waals surface area contributed by atoms with Crippen molar-refractivity contribution >= 4 is 117 Å². The molecule has 0 N–H and O–H groups in total. The zero-order chi connectivity index (χ0) is 20.7. The predicted octanol–water partition coefficient (Wildman–Crippen LogP) is 8.30. The first-order valence-corrected chi connectivity index (χ1v) is 16.2. The van der Waals surface area contributed by atoms with Gasteiger partial charge in [-0.3, -0.25) is 0 Å². The Morgan fingerprint density at radius 3 is 1.87 bits per heavy atom. The molecule has 0 unspecified atom stereocenters. The number of hydrogen-bond donors (Lipinski definition) is 0. The molecular formula is C23H17BrS6. The van der Waals surface area contributed by atoms with Crippen LogP contribution in [0.1, 0.15) is 5.56 Å². The molecule has 3 aromatic carbocycles. The molecule has 7 heteroatoms. The summed E-state index contributed by atoms with van der Waals surface area (Å²) in [6.45, 7) is 0. The number of halogens is 1. The van der Waals surface area contributed by atoms with Crippen molar-refractivity contribution in [2.75, 3.05) is 12.5 Å². The molecule has 0 spiro atoms. The van der Waals surface area contributed by atoms with Gasteiger partial charge in [-0.1, -0.05) is 99.4 Å². The van der Waals surface area contributed by atoms with Crippen LogP contribution in [0.2, 0.25) is 0 Å². The summed E-state index contributed by atoms with van der Waals surface area (Å²) in [7, 11) is 0. The van der Waals surface area contributed by atoms with E-state index in [0.29, 0.717) is 0 Å². The number of benzene rings is 3. The Balaban J connectivity index is 1.98. The number of fused-ring (bicyclic) bond motifs is 2. The average molecular weight is 566 g/mol. The van der Waals surface area contributed by atoms with Gasteiger partial charge in [-0.05, 0) is 56.5 Å². The SMILES string of the molecule is CSC1=C(SC)SC(=c2c3ccccc3c(=C3SC=CS3)c3cc(CBr)ccc23)S1. The molecule has 0 nitrogen and oxygen atoms in total. The van der Waals surface area contributed by atoms with Crippen molar-refractivity contribution in [3.8, 4) is 0 Å². The molecule has 3 aromatic rings. The van der Waals surface area contributed by atoms with E-state index in [1.165, 1.54) is 54.5 Å². The van der Waals surface area contributed by atoms with E-state index < -0.39 is 0 Å². The van der Waals surface area contributed by atoms with Crippen LogP contribution in [0, 0.1) is 0 Å². The molecule has 0 amide bonds. The van der Waals surface area contributed by atoms with Crippen molar-refractivity contribution in [1.82, 2.24) is 0 Å². The van der Waals surface area contributed by atoms with E-state index in [1.807, 2.05) is 70.6 Å². The quantitative estimate of drug-likeness (QED) is 0.230. The lowest BCUT2D eigenvalue weighted by molar-refractivity contribution is 1.46. The van der Waals surface area contributed by atoms with Gasteiger partial charge in [-0.2, -0.15) is 0 Å². The van der Waals surface area contributed by atoms with Crippen LogP contribution >= 0.6 is 86.5 Å². The summed E-state index contributed by atoms with van der Waals surface area (Å²) in [4.78, 5) is 0. The van der Waals surface area contributed by atoms with E-state index in [9.17, 15) is 0 Å². The normalized spacial score (nSPS) is 16.6. The lowest BCUT2D eigenvalue weighted by Gasteiger charge is -2.12. The molecule has 2 aliphatic heterocycles. The predicted molar refractivity (Wildman–Crippen MR) is 154 cm³/mol. The monoisotopic (exact) mass is 564 g/mol. The molecule has 5 rings (SSSR count). The van der Waals surface area contributed by atoms with Gasteiger partial charge in [0.05, 0.1) is 16.9 Å². The van der Waals surface area contributed by atoms with E-state index >= 15 is 0 Å². The molecular weight excluding hydrogens is 549 g/mol. The van der Waals surface area contributed by atoms with Crippen molar-refractivity contribution in [1.29, 1.82) is 0 Å². The Kier molecular flexibility index (Phi) is 6.87. The number of thioether (sulfide) groups is 6. The third-order valence-electron chi connectivity index (χ3n) is 4.96. The Morgan fingerprint density at radius 2 is 1.30 bits per heavy atom. The summed E-state index contributed by atoms with van der Waals surface area (Å²) in [6, 6.07) is 15.9. The van der Waals surface area contributed by atoms with Crippen molar-refractivity contribution < 1.29 is 0 Å². The van der Waals surface area contributed by atoms with Gasteiger partial charge in [0.25, 0.3) is 0 Å². The van der Waals surface area contributed by atoms with Crippen LogP contribution in [-0.4, -0.2) is 12.5 Å². The maximum atomic E-state index is 3.67. The first-order valence-electron chi connectivity index (χ1n) is 9.19. The second kappa shape index (κ2) is 9.46. The van der Waals surface area contributed by atoms with Crippen LogP contribution in [0.4, 0.5) is 0 Å². The Labute approximate surface area is 210 Å². The molecule has 0 fully saturated rings. The molecule has 2 heterocycles. The molecule has 0 bridgehead atoms. The average Bonchev–Trinajstić information content (AvgIpc) is 3.46. The number of rotatable bonds is 3. The van der Waals surface area contributed by atoms with Crippen LogP contribution in [0.3, 0.4) is 0 Å². The van der Waals surface area contributed by atoms with Crippen LogP contribution in [0.5, 0.6) is 0 Å². The number of hydrogen-bond acceptors (Lipinski definition) is 6. The van der Waals surface area contributed by atoms with E-state index in [-0.39, 0.29) is 0 Å². The van der Waals surface area contributed by atoms with Crippen LogP contribution in [-0.2, 0) is 5.33 Å². The summed E-state index contributed by atoms with van der Waals surface area (Å²) >= 11 is 14.9. The van der Waals surface area contributed by atoms with Gasteiger partial charge < -0.3 is 0 Å². The lowest BCUT2D eigenvalue weighted by atomic mass is 9.97. The summed E-state index contributed by atoms with van der Waals surface area (Å²) in [5, 5.41) is 13.4. The molecule has 30 heavy (non-hydrogen) atoms. The van der Waals surface area contributed by atoms with Crippen LogP contribution < -0.4 is 10.4 Å². The maximum absolute atomic E-state index is 3.67. The van der Waals surface area contributed by atoms with Crippen molar-refractivity contribution in [2.24, 2.45) is 0 Å². The van der Waals surface area contributed by atoms with Gasteiger partial charge in [-0.15, -0.1) is 23.5 Å². The maximum Gasteiger partial charge on any atom is 0.0657 e. The molecule has 0 atom stereocenters. The Hall–Kier alpha value is -0.0200. The zero-order valence-corrected chi connectivity index (χ0v) is 22.7. The molecule has 0 aliphatic carbocycles. The molecule has 0 aromatic heterocycles. The highest BCUT2D eigenvalue weighted by Gasteiger charge is 2.23. The molecule has 2 aliphatic rings. The standard InChI is InChI=1S/C23H17BrS6/c1-25-22-23(26-2)30-21(29-22)18-14-5-3-4-6-15(14)19(20-27-9-10-28-20)17-11-13(12-24)7-8-16(17)18/h3-11H,12H2,1-2H3. The molecule has 0 saturated heterocycles. The van der Waals surface area contributed by atoms with Gasteiger partial charge in [0.2, 0.25) is 0 Å². The van der Waals surface area contributed by atoms with E-state index in [4.69, 9.17) is 0 Å². The summed E-state index contributed by atoms with van der Waals surface area (Å²) in [6.07, 6.45) is 4.36. The van der Waals surface area contributed by atoms with Gasteiger partial charge in [0.15, 0.2) is 0 Å².